The predicted molar refractivity (Wildman–Crippen MR) is 66.7 cm³/mol. The predicted octanol–water partition coefficient (Wildman–Crippen LogP) is -2.60. The minimum absolute atomic E-state index is 0.0863. The molecule has 0 aromatic carbocycles. The van der Waals surface area contributed by atoms with Crippen molar-refractivity contribution in [1.82, 2.24) is 10.6 Å². The van der Waals surface area contributed by atoms with Crippen molar-refractivity contribution < 1.29 is 29.4 Å². The molecule has 6 N–H and O–H groups in total. The van der Waals surface area contributed by atoms with Gasteiger partial charge in [0.05, 0.1) is 12.5 Å². The lowest BCUT2D eigenvalue weighted by atomic mass is 10.2. The average Bonchev–Trinajstić information content (AvgIpc) is 2.31. The van der Waals surface area contributed by atoms with E-state index >= 15 is 0 Å². The number of rotatable bonds is 8. The second-order valence-electron chi connectivity index (χ2n) is 3.56. The van der Waals surface area contributed by atoms with Gasteiger partial charge in [0.1, 0.15) is 12.6 Å². The molecule has 0 spiro atoms. The molecule has 0 saturated heterocycles. The molecule has 0 aliphatic carbocycles. The van der Waals surface area contributed by atoms with Crippen molar-refractivity contribution in [2.24, 2.45) is 5.73 Å². The standard InChI is InChI=1S/C9H15N3O6S/c10-4(1-6(13)14)8(17)12-5(3-19)9(18)11-2-7(15)16/h4-5,19H,1-3,10H2,(H,11,18)(H,12,17)(H,13,14)(H,15,16)/t4-,5-/m0/s1. The van der Waals surface area contributed by atoms with Crippen LogP contribution in [0.3, 0.4) is 0 Å². The molecular formula is C9H15N3O6S. The summed E-state index contributed by atoms with van der Waals surface area (Å²) in [6, 6.07) is -2.39. The number of carboxylic acid groups (broad SMARTS) is 2. The van der Waals surface area contributed by atoms with E-state index < -0.39 is 48.8 Å². The zero-order valence-electron chi connectivity index (χ0n) is 9.83. The van der Waals surface area contributed by atoms with Gasteiger partial charge in [-0.2, -0.15) is 12.6 Å². The molecule has 0 rings (SSSR count). The van der Waals surface area contributed by atoms with Crippen LogP contribution in [0.1, 0.15) is 6.42 Å². The highest BCUT2D eigenvalue weighted by Gasteiger charge is 2.24. The van der Waals surface area contributed by atoms with E-state index in [1.54, 1.807) is 0 Å². The number of carbonyl (C=O) groups is 4. The maximum absolute atomic E-state index is 11.5. The van der Waals surface area contributed by atoms with Gasteiger partial charge in [0, 0.05) is 5.75 Å². The van der Waals surface area contributed by atoms with E-state index in [1.807, 2.05) is 0 Å². The molecule has 0 radical (unpaired) electrons. The molecule has 2 atom stereocenters. The van der Waals surface area contributed by atoms with E-state index in [4.69, 9.17) is 15.9 Å². The smallest absolute Gasteiger partial charge is 0.322 e. The van der Waals surface area contributed by atoms with Gasteiger partial charge in [0.25, 0.3) is 0 Å². The van der Waals surface area contributed by atoms with Gasteiger partial charge >= 0.3 is 11.9 Å². The maximum atomic E-state index is 11.5. The van der Waals surface area contributed by atoms with Crippen LogP contribution in [-0.2, 0) is 19.2 Å². The number of thiol groups is 1. The highest BCUT2D eigenvalue weighted by molar-refractivity contribution is 7.80. The lowest BCUT2D eigenvalue weighted by molar-refractivity contribution is -0.140. The SMILES string of the molecule is N[C@@H](CC(=O)O)C(=O)N[C@@H](CS)C(=O)NCC(=O)O. The number of carboxylic acids is 2. The molecule has 19 heavy (non-hydrogen) atoms. The Bertz CT molecular complexity index is 375. The van der Waals surface area contributed by atoms with Crippen molar-refractivity contribution >= 4 is 36.4 Å². The molecule has 0 bridgehead atoms. The number of carbonyl (C=O) groups excluding carboxylic acids is 2. The third-order valence-electron chi connectivity index (χ3n) is 1.96. The summed E-state index contributed by atoms with van der Waals surface area (Å²) in [6.07, 6.45) is -0.581. The van der Waals surface area contributed by atoms with Crippen LogP contribution >= 0.6 is 12.6 Å². The number of amides is 2. The summed E-state index contributed by atoms with van der Waals surface area (Å²) in [7, 11) is 0. The Morgan fingerprint density at radius 1 is 1.11 bits per heavy atom. The van der Waals surface area contributed by atoms with Gasteiger partial charge in [0.15, 0.2) is 0 Å². The number of nitrogens with one attached hydrogen (secondary N) is 2. The van der Waals surface area contributed by atoms with Crippen molar-refractivity contribution in [3.8, 4) is 0 Å². The summed E-state index contributed by atoms with van der Waals surface area (Å²) in [5, 5.41) is 21.1. The Labute approximate surface area is 113 Å². The molecule has 0 fully saturated rings. The van der Waals surface area contributed by atoms with Crippen LogP contribution in [0.4, 0.5) is 0 Å². The minimum atomic E-state index is -1.30. The Balaban J connectivity index is 4.38. The molecule has 0 aliphatic rings. The first kappa shape index (κ1) is 17.2. The number of aliphatic carboxylic acids is 2. The van der Waals surface area contributed by atoms with E-state index in [0.717, 1.165) is 0 Å². The van der Waals surface area contributed by atoms with Gasteiger partial charge in [-0.3, -0.25) is 19.2 Å². The summed E-state index contributed by atoms with van der Waals surface area (Å²) in [4.78, 5) is 43.5. The fraction of sp³-hybridized carbons (Fsp3) is 0.556. The highest BCUT2D eigenvalue weighted by Crippen LogP contribution is 1.93. The molecule has 0 aromatic heterocycles. The Kier molecular flexibility index (Phi) is 7.53. The fourth-order valence-corrected chi connectivity index (χ4v) is 1.30. The van der Waals surface area contributed by atoms with E-state index in [2.05, 4.69) is 23.3 Å². The number of hydrogen-bond acceptors (Lipinski definition) is 6. The van der Waals surface area contributed by atoms with E-state index in [0.29, 0.717) is 0 Å². The Morgan fingerprint density at radius 3 is 2.11 bits per heavy atom. The summed E-state index contributed by atoms with van der Waals surface area (Å²) >= 11 is 3.83. The van der Waals surface area contributed by atoms with Crippen molar-refractivity contribution in [3.63, 3.8) is 0 Å². The van der Waals surface area contributed by atoms with E-state index in [1.165, 1.54) is 0 Å². The summed E-state index contributed by atoms with van der Waals surface area (Å²) in [5.41, 5.74) is 5.30. The summed E-state index contributed by atoms with van der Waals surface area (Å²) in [5.74, 6) is -4.14. The molecule has 0 aromatic rings. The molecule has 0 saturated carbocycles. The molecule has 0 unspecified atom stereocenters. The van der Waals surface area contributed by atoms with Crippen LogP contribution in [0, 0.1) is 0 Å². The largest absolute Gasteiger partial charge is 0.481 e. The van der Waals surface area contributed by atoms with E-state index in [-0.39, 0.29) is 5.75 Å². The lowest BCUT2D eigenvalue weighted by Crippen LogP contribution is -2.53. The third-order valence-corrected chi connectivity index (χ3v) is 2.33. The van der Waals surface area contributed by atoms with Gasteiger partial charge in [-0.15, -0.1) is 0 Å². The average molecular weight is 293 g/mol. The second kappa shape index (κ2) is 8.32. The lowest BCUT2D eigenvalue weighted by Gasteiger charge is -2.17. The van der Waals surface area contributed by atoms with Crippen molar-refractivity contribution in [2.75, 3.05) is 12.3 Å². The topological polar surface area (TPSA) is 159 Å². The Morgan fingerprint density at radius 2 is 1.68 bits per heavy atom. The first-order valence-electron chi connectivity index (χ1n) is 5.16. The minimum Gasteiger partial charge on any atom is -0.481 e. The van der Waals surface area contributed by atoms with Crippen molar-refractivity contribution in [3.05, 3.63) is 0 Å². The van der Waals surface area contributed by atoms with Crippen molar-refractivity contribution in [2.45, 2.75) is 18.5 Å². The third kappa shape index (κ3) is 7.26. The van der Waals surface area contributed by atoms with E-state index in [9.17, 15) is 19.2 Å². The first-order valence-corrected chi connectivity index (χ1v) is 5.79. The highest BCUT2D eigenvalue weighted by atomic mass is 32.1. The van der Waals surface area contributed by atoms with Gasteiger partial charge < -0.3 is 26.6 Å². The zero-order chi connectivity index (χ0) is 15.0. The number of nitrogens with two attached hydrogens (primary N) is 1. The van der Waals surface area contributed by atoms with Gasteiger partial charge in [-0.05, 0) is 0 Å². The molecule has 9 nitrogen and oxygen atoms in total. The van der Waals surface area contributed by atoms with Crippen LogP contribution in [0.2, 0.25) is 0 Å². The monoisotopic (exact) mass is 293 g/mol. The van der Waals surface area contributed by atoms with Crippen LogP contribution in [0.5, 0.6) is 0 Å². The molecule has 0 aliphatic heterocycles. The van der Waals surface area contributed by atoms with Crippen LogP contribution < -0.4 is 16.4 Å². The molecule has 2 amide bonds. The summed E-state index contributed by atoms with van der Waals surface area (Å²) < 4.78 is 0. The Hall–Kier alpha value is -1.81. The van der Waals surface area contributed by atoms with Crippen LogP contribution in [0.15, 0.2) is 0 Å². The van der Waals surface area contributed by atoms with Crippen molar-refractivity contribution in [1.29, 1.82) is 0 Å². The first-order chi connectivity index (χ1) is 8.77. The van der Waals surface area contributed by atoms with Crippen LogP contribution in [0.25, 0.3) is 0 Å². The van der Waals surface area contributed by atoms with Gasteiger partial charge in [0.2, 0.25) is 11.8 Å². The summed E-state index contributed by atoms with van der Waals surface area (Å²) in [6.45, 7) is -0.597. The molecule has 0 heterocycles. The molecule has 10 heteroatoms. The fourth-order valence-electron chi connectivity index (χ4n) is 1.04. The molecule has 108 valence electrons. The normalized spacial score (nSPS) is 13.2. The zero-order valence-corrected chi connectivity index (χ0v) is 10.7. The second-order valence-corrected chi connectivity index (χ2v) is 3.92. The van der Waals surface area contributed by atoms with Gasteiger partial charge in [-0.1, -0.05) is 0 Å². The quantitative estimate of drug-likeness (QED) is 0.268. The van der Waals surface area contributed by atoms with Crippen LogP contribution in [-0.4, -0.2) is 58.3 Å². The maximum Gasteiger partial charge on any atom is 0.322 e. The molecular weight excluding hydrogens is 278 g/mol. The number of hydrogen-bond donors (Lipinski definition) is 6. The van der Waals surface area contributed by atoms with Gasteiger partial charge in [-0.25, -0.2) is 0 Å².